The maximum atomic E-state index is 11.8. The maximum Gasteiger partial charge on any atom is 0.258 e. The summed E-state index contributed by atoms with van der Waals surface area (Å²) < 4.78 is 0.174. The molecule has 0 bridgehead atoms. The molecule has 0 aromatic carbocycles. The van der Waals surface area contributed by atoms with E-state index in [9.17, 15) is 9.90 Å². The van der Waals surface area contributed by atoms with Gasteiger partial charge in [-0.05, 0) is 25.1 Å². The molecule has 0 saturated heterocycles. The van der Waals surface area contributed by atoms with Gasteiger partial charge in [-0.3, -0.25) is 9.78 Å². The van der Waals surface area contributed by atoms with Crippen molar-refractivity contribution >= 4 is 12.2 Å². The van der Waals surface area contributed by atoms with Gasteiger partial charge in [-0.2, -0.15) is 0 Å². The fourth-order valence-corrected chi connectivity index (χ4v) is 3.77. The summed E-state index contributed by atoms with van der Waals surface area (Å²) in [5.74, 6) is -0.0790. The topological polar surface area (TPSA) is 68.9 Å². The number of nitrogens with one attached hydrogen (secondary N) is 2. The maximum absolute atomic E-state index is 11.8. The highest BCUT2D eigenvalue weighted by Crippen LogP contribution is 2.15. The average Bonchev–Trinajstić information content (AvgIpc) is 2.63. The van der Waals surface area contributed by atoms with Gasteiger partial charge in [0.2, 0.25) is 0 Å². The van der Waals surface area contributed by atoms with Crippen LogP contribution < -0.4 is 5.56 Å². The lowest BCUT2D eigenvalue weighted by atomic mass is 10.0. The number of rotatable bonds is 17. The van der Waals surface area contributed by atoms with Crippen LogP contribution in [0.5, 0.6) is 5.88 Å². The number of hydrogen-bond acceptors (Lipinski definition) is 3. The van der Waals surface area contributed by atoms with Crippen LogP contribution in [0.3, 0.4) is 0 Å². The van der Waals surface area contributed by atoms with Crippen molar-refractivity contribution in [1.82, 2.24) is 9.97 Å². The molecule has 1 heterocycles. The average molecular weight is 397 g/mol. The molecule has 0 radical (unpaired) electrons. The van der Waals surface area contributed by atoms with Gasteiger partial charge in [-0.25, -0.2) is 0 Å². The van der Waals surface area contributed by atoms with E-state index < -0.39 is 0 Å². The fraction of sp³-hybridized carbons (Fsp3) is 0.818. The van der Waals surface area contributed by atoms with E-state index in [1.807, 2.05) is 0 Å². The summed E-state index contributed by atoms with van der Waals surface area (Å²) >= 11 is 4.83. The van der Waals surface area contributed by atoms with Crippen molar-refractivity contribution in [3.63, 3.8) is 0 Å². The Labute approximate surface area is 170 Å². The van der Waals surface area contributed by atoms with Crippen LogP contribution in [-0.4, -0.2) is 15.1 Å². The molecule has 156 valence electrons. The van der Waals surface area contributed by atoms with E-state index >= 15 is 0 Å². The van der Waals surface area contributed by atoms with Crippen molar-refractivity contribution in [2.75, 3.05) is 0 Å². The quantitative estimate of drug-likeness (QED) is 0.197. The zero-order chi connectivity index (χ0) is 19.7. The van der Waals surface area contributed by atoms with Crippen molar-refractivity contribution in [1.29, 1.82) is 0 Å². The van der Waals surface area contributed by atoms with Gasteiger partial charge < -0.3 is 10.1 Å². The zero-order valence-corrected chi connectivity index (χ0v) is 18.1. The first-order valence-corrected chi connectivity index (χ1v) is 11.6. The van der Waals surface area contributed by atoms with Gasteiger partial charge in [0.1, 0.15) is 0 Å². The highest BCUT2D eigenvalue weighted by atomic mass is 32.1. The molecule has 5 heteroatoms. The number of hydrogen-bond donors (Lipinski definition) is 3. The molecule has 0 atom stereocenters. The summed E-state index contributed by atoms with van der Waals surface area (Å²) in [6.07, 6.45) is 21.8. The van der Waals surface area contributed by atoms with Crippen molar-refractivity contribution in [2.45, 2.75) is 116 Å². The van der Waals surface area contributed by atoms with E-state index in [4.69, 9.17) is 12.2 Å². The van der Waals surface area contributed by atoms with E-state index in [1.165, 1.54) is 89.9 Å². The van der Waals surface area contributed by atoms with Crippen molar-refractivity contribution in [3.8, 4) is 5.88 Å². The Bertz CT molecular complexity index is 595. The molecule has 1 aromatic heterocycles. The second-order valence-electron chi connectivity index (χ2n) is 7.79. The summed E-state index contributed by atoms with van der Waals surface area (Å²) in [7, 11) is 0. The predicted octanol–water partition coefficient (Wildman–Crippen LogP) is 6.94. The van der Waals surface area contributed by atoms with Gasteiger partial charge in [0, 0.05) is 0 Å². The molecule has 0 spiro atoms. The summed E-state index contributed by atoms with van der Waals surface area (Å²) in [6, 6.07) is 0. The molecule has 27 heavy (non-hydrogen) atoms. The molecule has 0 fully saturated rings. The lowest BCUT2D eigenvalue weighted by Crippen LogP contribution is -2.14. The zero-order valence-electron chi connectivity index (χ0n) is 17.3. The Kier molecular flexibility index (Phi) is 14.1. The van der Waals surface area contributed by atoms with Crippen molar-refractivity contribution in [2.24, 2.45) is 0 Å². The third-order valence-electron chi connectivity index (χ3n) is 5.30. The van der Waals surface area contributed by atoms with Crippen LogP contribution in [0, 0.1) is 4.77 Å². The Morgan fingerprint density at radius 2 is 1.11 bits per heavy atom. The fourth-order valence-electron chi connectivity index (χ4n) is 3.58. The third kappa shape index (κ3) is 12.1. The Morgan fingerprint density at radius 1 is 0.704 bits per heavy atom. The Balaban J connectivity index is 1.87. The van der Waals surface area contributed by atoms with Crippen LogP contribution in [0.15, 0.2) is 4.79 Å². The van der Waals surface area contributed by atoms with E-state index in [0.29, 0.717) is 12.0 Å². The number of H-pyrrole nitrogens is 2. The standard InChI is InChI=1S/C22H40N2O2S/c1-2-3-4-5-6-7-8-9-10-11-12-13-14-15-16-17-18-19-20(25)23-22(27)24-21(19)26/h2-18H2,1H3,(H3,23,24,25,26,27). The lowest BCUT2D eigenvalue weighted by molar-refractivity contribution is 0.439. The summed E-state index contributed by atoms with van der Waals surface area (Å²) in [5.41, 5.74) is 0.158. The van der Waals surface area contributed by atoms with E-state index in [1.54, 1.807) is 0 Å². The third-order valence-corrected chi connectivity index (χ3v) is 5.50. The minimum absolute atomic E-state index is 0.0790. The Morgan fingerprint density at radius 3 is 1.52 bits per heavy atom. The van der Waals surface area contributed by atoms with Gasteiger partial charge in [0.15, 0.2) is 10.7 Å². The summed E-state index contributed by atoms with van der Waals surface area (Å²) in [6.45, 7) is 2.27. The summed E-state index contributed by atoms with van der Waals surface area (Å²) in [5, 5.41) is 9.76. The second-order valence-corrected chi connectivity index (χ2v) is 8.20. The van der Waals surface area contributed by atoms with Crippen LogP contribution in [0.4, 0.5) is 0 Å². The van der Waals surface area contributed by atoms with Crippen LogP contribution in [0.1, 0.15) is 115 Å². The number of unbranched alkanes of at least 4 members (excludes halogenated alkanes) is 15. The molecular weight excluding hydrogens is 356 g/mol. The van der Waals surface area contributed by atoms with Gasteiger partial charge >= 0.3 is 0 Å². The normalized spacial score (nSPS) is 11.1. The van der Waals surface area contributed by atoms with E-state index in [2.05, 4.69) is 16.9 Å². The molecule has 1 aromatic rings. The molecule has 0 saturated carbocycles. The minimum Gasteiger partial charge on any atom is -0.494 e. The molecule has 0 amide bonds. The molecular formula is C22H40N2O2S. The molecule has 0 aliphatic rings. The Hall–Kier alpha value is -1.10. The van der Waals surface area contributed by atoms with Crippen LogP contribution >= 0.6 is 12.2 Å². The molecule has 0 aliphatic heterocycles. The van der Waals surface area contributed by atoms with Crippen LogP contribution in [-0.2, 0) is 6.42 Å². The van der Waals surface area contributed by atoms with E-state index in [0.717, 1.165) is 12.8 Å². The van der Waals surface area contributed by atoms with Gasteiger partial charge in [-0.15, -0.1) is 0 Å². The first kappa shape index (κ1) is 23.9. The first-order valence-electron chi connectivity index (χ1n) is 11.2. The van der Waals surface area contributed by atoms with Crippen LogP contribution in [0.2, 0.25) is 0 Å². The number of aromatic hydroxyl groups is 1. The van der Waals surface area contributed by atoms with Crippen LogP contribution in [0.25, 0.3) is 0 Å². The number of aromatic amines is 2. The predicted molar refractivity (Wildman–Crippen MR) is 117 cm³/mol. The molecule has 3 N–H and O–H groups in total. The number of aromatic nitrogens is 2. The molecule has 0 unspecified atom stereocenters. The highest BCUT2D eigenvalue weighted by Gasteiger charge is 2.06. The lowest BCUT2D eigenvalue weighted by Gasteiger charge is -2.04. The van der Waals surface area contributed by atoms with Crippen molar-refractivity contribution in [3.05, 3.63) is 20.7 Å². The SMILES string of the molecule is CCCCCCCCCCCCCCCCCCc1c(O)[nH]c(=S)[nH]c1=O. The largest absolute Gasteiger partial charge is 0.494 e. The van der Waals surface area contributed by atoms with Crippen molar-refractivity contribution < 1.29 is 5.11 Å². The first-order chi connectivity index (χ1) is 13.1. The smallest absolute Gasteiger partial charge is 0.258 e. The van der Waals surface area contributed by atoms with Gasteiger partial charge in [-0.1, -0.05) is 103 Å². The molecule has 1 rings (SSSR count). The molecule has 4 nitrogen and oxygen atoms in total. The highest BCUT2D eigenvalue weighted by molar-refractivity contribution is 7.71. The van der Waals surface area contributed by atoms with Gasteiger partial charge in [0.05, 0.1) is 5.56 Å². The second kappa shape index (κ2) is 15.9. The summed E-state index contributed by atoms with van der Waals surface area (Å²) in [4.78, 5) is 16.9. The van der Waals surface area contributed by atoms with Gasteiger partial charge in [0.25, 0.3) is 5.56 Å². The van der Waals surface area contributed by atoms with E-state index in [-0.39, 0.29) is 16.2 Å². The minimum atomic E-state index is -0.266. The monoisotopic (exact) mass is 396 g/mol. The molecule has 0 aliphatic carbocycles.